The standard InChI is InChI=1S/C14H19NO4/c1-8(2)15-12(16)7-5-10(14(17)18)13(15)11-6-4-9(3)19-11/h4,6,8,10,13H,5,7H2,1-3H3,(H,17,18). The van der Waals surface area contributed by atoms with Gasteiger partial charge in [-0.1, -0.05) is 0 Å². The molecule has 5 heteroatoms. The summed E-state index contributed by atoms with van der Waals surface area (Å²) in [5.41, 5.74) is 0. The third kappa shape index (κ3) is 2.50. The lowest BCUT2D eigenvalue weighted by molar-refractivity contribution is -0.154. The maximum absolute atomic E-state index is 12.1. The lowest BCUT2D eigenvalue weighted by Crippen LogP contribution is -2.48. The minimum Gasteiger partial charge on any atom is -0.481 e. The first-order chi connectivity index (χ1) is 8.91. The van der Waals surface area contributed by atoms with Crippen LogP contribution in [0.25, 0.3) is 0 Å². The van der Waals surface area contributed by atoms with Crippen LogP contribution in [0, 0.1) is 12.8 Å². The van der Waals surface area contributed by atoms with E-state index >= 15 is 0 Å². The molecular formula is C14H19NO4. The van der Waals surface area contributed by atoms with Crippen LogP contribution in [0.1, 0.15) is 44.3 Å². The van der Waals surface area contributed by atoms with E-state index in [-0.39, 0.29) is 18.4 Å². The molecule has 2 heterocycles. The van der Waals surface area contributed by atoms with Crippen LogP contribution < -0.4 is 0 Å². The second-order valence-electron chi connectivity index (χ2n) is 5.27. The van der Waals surface area contributed by atoms with Gasteiger partial charge in [0, 0.05) is 12.5 Å². The van der Waals surface area contributed by atoms with Crippen molar-refractivity contribution < 1.29 is 19.1 Å². The van der Waals surface area contributed by atoms with Crippen molar-refractivity contribution in [1.29, 1.82) is 0 Å². The highest BCUT2D eigenvalue weighted by atomic mass is 16.4. The Morgan fingerprint density at radius 3 is 2.63 bits per heavy atom. The van der Waals surface area contributed by atoms with Gasteiger partial charge < -0.3 is 14.4 Å². The fourth-order valence-electron chi connectivity index (χ4n) is 2.73. The van der Waals surface area contributed by atoms with Crippen LogP contribution in [-0.4, -0.2) is 27.9 Å². The first kappa shape index (κ1) is 13.6. The molecule has 0 saturated carbocycles. The number of carboxylic acid groups (broad SMARTS) is 1. The highest BCUT2D eigenvalue weighted by Crippen LogP contribution is 2.38. The SMILES string of the molecule is Cc1ccc(C2C(C(=O)O)CCC(=O)N2C(C)C)o1. The first-order valence-corrected chi connectivity index (χ1v) is 6.52. The highest BCUT2D eigenvalue weighted by Gasteiger charge is 2.43. The molecule has 1 saturated heterocycles. The van der Waals surface area contributed by atoms with Crippen LogP contribution in [0.15, 0.2) is 16.5 Å². The van der Waals surface area contributed by atoms with Crippen molar-refractivity contribution in [3.05, 3.63) is 23.7 Å². The number of aryl methyl sites for hydroxylation is 1. The van der Waals surface area contributed by atoms with Crippen molar-refractivity contribution in [1.82, 2.24) is 4.90 Å². The number of carboxylic acids is 1. The summed E-state index contributed by atoms with van der Waals surface area (Å²) in [5, 5.41) is 9.38. The van der Waals surface area contributed by atoms with Crippen LogP contribution >= 0.6 is 0 Å². The van der Waals surface area contributed by atoms with E-state index in [0.29, 0.717) is 12.2 Å². The summed E-state index contributed by atoms with van der Waals surface area (Å²) in [6.45, 7) is 5.60. The molecule has 2 unspecified atom stereocenters. The van der Waals surface area contributed by atoms with Crippen LogP contribution in [0.2, 0.25) is 0 Å². The van der Waals surface area contributed by atoms with Crippen molar-refractivity contribution >= 4 is 11.9 Å². The molecule has 1 N–H and O–H groups in total. The minimum absolute atomic E-state index is 0.00782. The lowest BCUT2D eigenvalue weighted by Gasteiger charge is -2.40. The molecule has 2 atom stereocenters. The Balaban J connectivity index is 2.43. The molecule has 0 spiro atoms. The highest BCUT2D eigenvalue weighted by molar-refractivity contribution is 5.81. The zero-order valence-electron chi connectivity index (χ0n) is 11.4. The topological polar surface area (TPSA) is 70.8 Å². The van der Waals surface area contributed by atoms with Gasteiger partial charge >= 0.3 is 5.97 Å². The smallest absolute Gasteiger partial charge is 0.309 e. The third-order valence-electron chi connectivity index (χ3n) is 3.56. The Hall–Kier alpha value is -1.78. The number of rotatable bonds is 3. The molecule has 1 fully saturated rings. The number of nitrogens with zero attached hydrogens (tertiary/aromatic N) is 1. The first-order valence-electron chi connectivity index (χ1n) is 6.52. The fraction of sp³-hybridized carbons (Fsp3) is 0.571. The number of likely N-dealkylation sites (tertiary alicyclic amines) is 1. The molecule has 0 aliphatic carbocycles. The van der Waals surface area contributed by atoms with Gasteiger partial charge in [-0.15, -0.1) is 0 Å². The van der Waals surface area contributed by atoms with Crippen LogP contribution in [-0.2, 0) is 9.59 Å². The second-order valence-corrected chi connectivity index (χ2v) is 5.27. The van der Waals surface area contributed by atoms with Gasteiger partial charge in [0.15, 0.2) is 0 Å². The molecule has 0 radical (unpaired) electrons. The fourth-order valence-corrected chi connectivity index (χ4v) is 2.73. The summed E-state index contributed by atoms with van der Waals surface area (Å²) in [7, 11) is 0. The second kappa shape index (κ2) is 5.07. The van der Waals surface area contributed by atoms with Gasteiger partial charge in [-0.25, -0.2) is 0 Å². The quantitative estimate of drug-likeness (QED) is 0.910. The number of hydrogen-bond donors (Lipinski definition) is 1. The summed E-state index contributed by atoms with van der Waals surface area (Å²) in [5.74, 6) is -0.207. The molecule has 1 aromatic heterocycles. The van der Waals surface area contributed by atoms with E-state index in [4.69, 9.17) is 4.42 Å². The average molecular weight is 265 g/mol. The summed E-state index contributed by atoms with van der Waals surface area (Å²) in [4.78, 5) is 25.2. The number of aliphatic carboxylic acids is 1. The number of amides is 1. The number of furan rings is 1. The summed E-state index contributed by atoms with van der Waals surface area (Å²) < 4.78 is 5.57. The molecule has 0 aromatic carbocycles. The lowest BCUT2D eigenvalue weighted by atomic mass is 9.86. The monoisotopic (exact) mass is 265 g/mol. The van der Waals surface area contributed by atoms with Crippen LogP contribution in [0.4, 0.5) is 0 Å². The zero-order chi connectivity index (χ0) is 14.2. The normalized spacial score (nSPS) is 24.0. The largest absolute Gasteiger partial charge is 0.481 e. The Kier molecular flexibility index (Phi) is 3.64. The van der Waals surface area contributed by atoms with Gasteiger partial charge in [-0.3, -0.25) is 9.59 Å². The van der Waals surface area contributed by atoms with Crippen molar-refractivity contribution in [2.24, 2.45) is 5.92 Å². The molecule has 19 heavy (non-hydrogen) atoms. The van der Waals surface area contributed by atoms with Crippen molar-refractivity contribution in [3.8, 4) is 0 Å². The number of carbonyl (C=O) groups is 2. The molecule has 0 bridgehead atoms. The Labute approximate surface area is 112 Å². The molecule has 2 rings (SSSR count). The van der Waals surface area contributed by atoms with E-state index < -0.39 is 17.9 Å². The number of hydrogen-bond acceptors (Lipinski definition) is 3. The molecule has 5 nitrogen and oxygen atoms in total. The van der Waals surface area contributed by atoms with Crippen molar-refractivity contribution in [2.45, 2.75) is 45.7 Å². The van der Waals surface area contributed by atoms with Gasteiger partial charge in [0.05, 0.1) is 5.92 Å². The minimum atomic E-state index is -0.878. The predicted molar refractivity (Wildman–Crippen MR) is 68.5 cm³/mol. The summed E-state index contributed by atoms with van der Waals surface area (Å²) >= 11 is 0. The van der Waals surface area contributed by atoms with Crippen LogP contribution in [0.5, 0.6) is 0 Å². The van der Waals surface area contributed by atoms with E-state index in [1.54, 1.807) is 17.0 Å². The molecule has 104 valence electrons. The van der Waals surface area contributed by atoms with Crippen molar-refractivity contribution in [2.75, 3.05) is 0 Å². The van der Waals surface area contributed by atoms with E-state index in [0.717, 1.165) is 5.76 Å². The Bertz CT molecular complexity index is 491. The zero-order valence-corrected chi connectivity index (χ0v) is 11.4. The van der Waals surface area contributed by atoms with Gasteiger partial charge in [0.1, 0.15) is 17.6 Å². The predicted octanol–water partition coefficient (Wildman–Crippen LogP) is 2.36. The average Bonchev–Trinajstić information content (AvgIpc) is 2.74. The summed E-state index contributed by atoms with van der Waals surface area (Å²) in [6.07, 6.45) is 0.646. The van der Waals surface area contributed by atoms with Crippen LogP contribution in [0.3, 0.4) is 0 Å². The van der Waals surface area contributed by atoms with E-state index in [1.165, 1.54) is 0 Å². The van der Waals surface area contributed by atoms with Gasteiger partial charge in [-0.05, 0) is 39.3 Å². The Morgan fingerprint density at radius 2 is 2.16 bits per heavy atom. The van der Waals surface area contributed by atoms with E-state index in [9.17, 15) is 14.7 Å². The molecule has 1 aromatic rings. The van der Waals surface area contributed by atoms with Gasteiger partial charge in [0.2, 0.25) is 5.91 Å². The maximum Gasteiger partial charge on any atom is 0.309 e. The molecule has 1 aliphatic rings. The van der Waals surface area contributed by atoms with Gasteiger partial charge in [-0.2, -0.15) is 0 Å². The van der Waals surface area contributed by atoms with Crippen molar-refractivity contribution in [3.63, 3.8) is 0 Å². The Morgan fingerprint density at radius 1 is 1.47 bits per heavy atom. The van der Waals surface area contributed by atoms with E-state index in [2.05, 4.69) is 0 Å². The molecule has 1 aliphatic heterocycles. The van der Waals surface area contributed by atoms with E-state index in [1.807, 2.05) is 20.8 Å². The number of piperidine rings is 1. The van der Waals surface area contributed by atoms with Gasteiger partial charge in [0.25, 0.3) is 0 Å². The maximum atomic E-state index is 12.1. The third-order valence-corrected chi connectivity index (χ3v) is 3.56. The number of carbonyl (C=O) groups excluding carboxylic acids is 1. The molecule has 1 amide bonds. The molecular weight excluding hydrogens is 246 g/mol. The summed E-state index contributed by atoms with van der Waals surface area (Å²) in [6, 6.07) is 3.01.